The molecule has 0 fully saturated rings. The lowest BCUT2D eigenvalue weighted by molar-refractivity contribution is -0.148. The number of rotatable bonds is 7. The van der Waals surface area contributed by atoms with Crippen LogP contribution < -0.4 is 11.1 Å². The third-order valence-corrected chi connectivity index (χ3v) is 3.86. The number of carbonyl (C=O) groups is 3. The van der Waals surface area contributed by atoms with Gasteiger partial charge in [-0.2, -0.15) is 4.68 Å². The number of hydrogen-bond acceptors (Lipinski definition) is 8. The first-order chi connectivity index (χ1) is 14.5. The second-order valence-corrected chi connectivity index (χ2v) is 5.97. The highest BCUT2D eigenvalue weighted by Crippen LogP contribution is 2.14. The van der Waals surface area contributed by atoms with Crippen molar-refractivity contribution in [3.8, 4) is 11.5 Å². The zero-order valence-corrected chi connectivity index (χ0v) is 15.9. The molecule has 1 N–H and O–H groups in total. The van der Waals surface area contributed by atoms with Gasteiger partial charge in [0.1, 0.15) is 6.54 Å². The van der Waals surface area contributed by atoms with Crippen LogP contribution in [-0.4, -0.2) is 41.3 Å². The molecule has 3 aromatic rings. The van der Waals surface area contributed by atoms with Crippen molar-refractivity contribution >= 4 is 23.5 Å². The van der Waals surface area contributed by atoms with Gasteiger partial charge in [0.25, 0.3) is 5.91 Å². The van der Waals surface area contributed by atoms with Crippen LogP contribution in [-0.2, 0) is 25.6 Å². The number of hydrogen-bond donors (Lipinski definition) is 1. The molecule has 0 atom stereocenters. The molecule has 0 unspecified atom stereocenters. The maximum Gasteiger partial charge on any atom is 0.437 e. The van der Waals surface area contributed by atoms with E-state index in [4.69, 9.17) is 9.15 Å². The normalized spacial score (nSPS) is 10.3. The van der Waals surface area contributed by atoms with E-state index in [0.717, 1.165) is 4.68 Å². The minimum Gasteiger partial charge on any atom is -0.465 e. The summed E-state index contributed by atoms with van der Waals surface area (Å²) >= 11 is 0. The number of anilines is 1. The molecule has 0 spiro atoms. The van der Waals surface area contributed by atoms with Crippen molar-refractivity contribution in [1.82, 2.24) is 9.78 Å². The van der Waals surface area contributed by atoms with Gasteiger partial charge in [0, 0.05) is 11.3 Å². The summed E-state index contributed by atoms with van der Waals surface area (Å²) in [6.45, 7) is -1.06. The number of amides is 1. The molecular weight excluding hydrogens is 394 g/mol. The summed E-state index contributed by atoms with van der Waals surface area (Å²) in [7, 11) is 1.27. The first kappa shape index (κ1) is 20.5. The molecule has 2 aromatic carbocycles. The number of esters is 2. The highest BCUT2D eigenvalue weighted by molar-refractivity contribution is 5.94. The van der Waals surface area contributed by atoms with E-state index in [1.807, 2.05) is 0 Å². The summed E-state index contributed by atoms with van der Waals surface area (Å²) in [4.78, 5) is 47.1. The molecule has 0 aliphatic rings. The standard InChI is InChI=1S/C20H17N3O7/c1-28-19(26)14-7-9-15(10-8-14)21-16(24)12-29-17(25)11-23-20(27)30-18(22-23)13-5-3-2-4-6-13/h2-10H,11-12H2,1H3,(H,21,24). The van der Waals surface area contributed by atoms with Gasteiger partial charge in [0.05, 0.1) is 12.7 Å². The highest BCUT2D eigenvalue weighted by Gasteiger charge is 2.15. The van der Waals surface area contributed by atoms with Crippen molar-refractivity contribution in [2.24, 2.45) is 0 Å². The highest BCUT2D eigenvalue weighted by atomic mass is 16.5. The van der Waals surface area contributed by atoms with Crippen LogP contribution >= 0.6 is 0 Å². The predicted octanol–water partition coefficient (Wildman–Crippen LogP) is 1.47. The Morgan fingerprint density at radius 3 is 2.43 bits per heavy atom. The predicted molar refractivity (Wildman–Crippen MR) is 104 cm³/mol. The van der Waals surface area contributed by atoms with Crippen molar-refractivity contribution in [3.05, 3.63) is 70.7 Å². The van der Waals surface area contributed by atoms with Crippen LogP contribution in [0.5, 0.6) is 0 Å². The Morgan fingerprint density at radius 1 is 1.07 bits per heavy atom. The van der Waals surface area contributed by atoms with Crippen LogP contribution in [0, 0.1) is 0 Å². The summed E-state index contributed by atoms with van der Waals surface area (Å²) in [5.74, 6) is -2.67. The molecule has 3 rings (SSSR count). The molecule has 0 saturated carbocycles. The number of ether oxygens (including phenoxy) is 2. The van der Waals surface area contributed by atoms with Gasteiger partial charge >= 0.3 is 17.7 Å². The summed E-state index contributed by atoms with van der Waals surface area (Å²) in [5.41, 5.74) is 1.32. The minimum absolute atomic E-state index is 0.0709. The molecule has 1 heterocycles. The number of nitrogens with one attached hydrogen (secondary N) is 1. The fourth-order valence-corrected chi connectivity index (χ4v) is 2.42. The Balaban J connectivity index is 1.51. The van der Waals surface area contributed by atoms with Gasteiger partial charge in [-0.15, -0.1) is 5.10 Å². The van der Waals surface area contributed by atoms with E-state index in [1.54, 1.807) is 30.3 Å². The minimum atomic E-state index is -0.832. The van der Waals surface area contributed by atoms with Crippen LogP contribution in [0.25, 0.3) is 11.5 Å². The van der Waals surface area contributed by atoms with Gasteiger partial charge < -0.3 is 19.2 Å². The largest absolute Gasteiger partial charge is 0.465 e. The van der Waals surface area contributed by atoms with E-state index in [2.05, 4.69) is 15.2 Å². The van der Waals surface area contributed by atoms with Crippen LogP contribution in [0.3, 0.4) is 0 Å². The van der Waals surface area contributed by atoms with Crippen molar-refractivity contribution in [1.29, 1.82) is 0 Å². The lowest BCUT2D eigenvalue weighted by Crippen LogP contribution is -2.26. The molecule has 0 radical (unpaired) electrons. The quantitative estimate of drug-likeness (QED) is 0.579. The third-order valence-electron chi connectivity index (χ3n) is 3.86. The van der Waals surface area contributed by atoms with E-state index in [0.29, 0.717) is 16.8 Å². The Bertz CT molecular complexity index is 1100. The van der Waals surface area contributed by atoms with Crippen molar-refractivity contribution < 1.29 is 28.3 Å². The van der Waals surface area contributed by atoms with Crippen molar-refractivity contribution in [2.75, 3.05) is 19.0 Å². The zero-order chi connectivity index (χ0) is 21.5. The molecule has 0 bridgehead atoms. The fraction of sp³-hybridized carbons (Fsp3) is 0.150. The van der Waals surface area contributed by atoms with Gasteiger partial charge in [-0.1, -0.05) is 18.2 Å². The van der Waals surface area contributed by atoms with Crippen LogP contribution in [0.15, 0.2) is 63.8 Å². The topological polar surface area (TPSA) is 130 Å². The smallest absolute Gasteiger partial charge is 0.437 e. The first-order valence-corrected chi connectivity index (χ1v) is 8.73. The van der Waals surface area contributed by atoms with Crippen LogP contribution in [0.2, 0.25) is 0 Å². The summed E-state index contributed by atoms with van der Waals surface area (Å²) in [6.07, 6.45) is 0. The van der Waals surface area contributed by atoms with Gasteiger partial charge in [-0.3, -0.25) is 9.59 Å². The average molecular weight is 411 g/mol. The molecule has 0 aliphatic carbocycles. The molecule has 10 nitrogen and oxygen atoms in total. The summed E-state index contributed by atoms with van der Waals surface area (Å²) in [5, 5.41) is 6.45. The molecule has 10 heteroatoms. The van der Waals surface area contributed by atoms with E-state index in [1.165, 1.54) is 31.4 Å². The Morgan fingerprint density at radius 2 is 1.77 bits per heavy atom. The molecule has 154 valence electrons. The van der Waals surface area contributed by atoms with Gasteiger partial charge in [0.2, 0.25) is 5.89 Å². The van der Waals surface area contributed by atoms with Crippen molar-refractivity contribution in [3.63, 3.8) is 0 Å². The Kier molecular flexibility index (Phi) is 6.38. The lowest BCUT2D eigenvalue weighted by Gasteiger charge is -2.07. The third kappa shape index (κ3) is 5.19. The molecule has 0 saturated heterocycles. The second kappa shape index (κ2) is 9.32. The molecular formula is C20H17N3O7. The SMILES string of the molecule is COC(=O)c1ccc(NC(=O)COC(=O)Cn2nc(-c3ccccc3)oc2=O)cc1. The molecule has 1 aromatic heterocycles. The van der Waals surface area contributed by atoms with E-state index in [-0.39, 0.29) is 5.89 Å². The Hall–Kier alpha value is -4.21. The number of nitrogens with zero attached hydrogens (tertiary/aromatic N) is 2. The monoisotopic (exact) mass is 411 g/mol. The molecule has 1 amide bonds. The van der Waals surface area contributed by atoms with Gasteiger partial charge in [-0.05, 0) is 36.4 Å². The maximum absolute atomic E-state index is 11.9. The van der Waals surface area contributed by atoms with Crippen molar-refractivity contribution in [2.45, 2.75) is 6.54 Å². The summed E-state index contributed by atoms with van der Waals surface area (Å²) < 4.78 is 15.3. The number of benzene rings is 2. The van der Waals surface area contributed by atoms with E-state index >= 15 is 0 Å². The van der Waals surface area contributed by atoms with Crippen LogP contribution in [0.4, 0.5) is 5.69 Å². The van der Waals surface area contributed by atoms with E-state index in [9.17, 15) is 19.2 Å². The van der Waals surface area contributed by atoms with E-state index < -0.39 is 36.8 Å². The average Bonchev–Trinajstić information content (AvgIpc) is 3.13. The number of aromatic nitrogens is 2. The zero-order valence-electron chi connectivity index (χ0n) is 15.9. The second-order valence-electron chi connectivity index (χ2n) is 5.97. The van der Waals surface area contributed by atoms with Gasteiger partial charge in [0.15, 0.2) is 6.61 Å². The van der Waals surface area contributed by atoms with Gasteiger partial charge in [-0.25, -0.2) is 9.59 Å². The Labute approximate surface area is 170 Å². The number of carbonyl (C=O) groups excluding carboxylic acids is 3. The fourth-order valence-electron chi connectivity index (χ4n) is 2.42. The molecule has 30 heavy (non-hydrogen) atoms. The van der Waals surface area contributed by atoms with Crippen LogP contribution in [0.1, 0.15) is 10.4 Å². The molecule has 0 aliphatic heterocycles. The number of methoxy groups -OCH3 is 1. The maximum atomic E-state index is 11.9. The summed E-state index contributed by atoms with van der Waals surface area (Å²) in [6, 6.07) is 14.7. The lowest BCUT2D eigenvalue weighted by atomic mass is 10.2. The first-order valence-electron chi connectivity index (χ1n) is 8.73.